The van der Waals surface area contributed by atoms with Crippen molar-refractivity contribution in [3.8, 4) is 11.5 Å². The van der Waals surface area contributed by atoms with E-state index < -0.39 is 0 Å². The molecule has 1 aliphatic heterocycles. The maximum atomic E-state index is 12.0. The lowest BCUT2D eigenvalue weighted by molar-refractivity contribution is -0.142. The molecule has 2 aromatic carbocycles. The highest BCUT2D eigenvalue weighted by atomic mass is 16.7. The molecule has 0 atom stereocenters. The fourth-order valence-electron chi connectivity index (χ4n) is 2.26. The van der Waals surface area contributed by atoms with Gasteiger partial charge >= 0.3 is 5.97 Å². The fourth-order valence-corrected chi connectivity index (χ4v) is 2.26. The summed E-state index contributed by atoms with van der Waals surface area (Å²) in [5, 5.41) is 0. The van der Waals surface area contributed by atoms with Crippen LogP contribution in [0.2, 0.25) is 0 Å². The number of esters is 1. The molecular formula is C18H16O5. The lowest BCUT2D eigenvalue weighted by atomic mass is 10.1. The van der Waals surface area contributed by atoms with E-state index in [9.17, 15) is 9.59 Å². The lowest BCUT2D eigenvalue weighted by Crippen LogP contribution is -2.14. The molecule has 118 valence electrons. The zero-order chi connectivity index (χ0) is 16.1. The molecule has 1 aliphatic rings. The van der Waals surface area contributed by atoms with Crippen molar-refractivity contribution in [2.75, 3.05) is 13.4 Å². The molecule has 0 unspecified atom stereocenters. The quantitative estimate of drug-likeness (QED) is 0.606. The highest BCUT2D eigenvalue weighted by Gasteiger charge is 2.17. The number of aryl methyl sites for hydroxylation is 1. The van der Waals surface area contributed by atoms with Gasteiger partial charge in [-0.3, -0.25) is 9.59 Å². The third kappa shape index (κ3) is 3.88. The second kappa shape index (κ2) is 6.96. The Kier molecular flexibility index (Phi) is 4.57. The Hall–Kier alpha value is -2.82. The molecule has 0 bridgehead atoms. The molecule has 0 amide bonds. The van der Waals surface area contributed by atoms with Crippen molar-refractivity contribution in [2.24, 2.45) is 0 Å². The van der Waals surface area contributed by atoms with Gasteiger partial charge in [0.15, 0.2) is 23.9 Å². The average molecular weight is 312 g/mol. The number of carbonyl (C=O) groups excluding carboxylic acids is 2. The van der Waals surface area contributed by atoms with E-state index in [0.717, 1.165) is 5.56 Å². The van der Waals surface area contributed by atoms with E-state index in [-0.39, 0.29) is 31.6 Å². The van der Waals surface area contributed by atoms with E-state index in [4.69, 9.17) is 14.2 Å². The van der Waals surface area contributed by atoms with Crippen LogP contribution in [0.15, 0.2) is 48.5 Å². The van der Waals surface area contributed by atoms with Crippen LogP contribution in [0.25, 0.3) is 0 Å². The molecule has 5 nitrogen and oxygen atoms in total. The van der Waals surface area contributed by atoms with Crippen LogP contribution in [0, 0.1) is 0 Å². The molecule has 0 fully saturated rings. The highest BCUT2D eigenvalue weighted by molar-refractivity contribution is 5.98. The minimum absolute atomic E-state index is 0.154. The van der Waals surface area contributed by atoms with Crippen LogP contribution in [0.5, 0.6) is 11.5 Å². The van der Waals surface area contributed by atoms with Gasteiger partial charge in [-0.25, -0.2) is 0 Å². The van der Waals surface area contributed by atoms with Crippen molar-refractivity contribution in [2.45, 2.75) is 12.8 Å². The number of benzene rings is 2. The summed E-state index contributed by atoms with van der Waals surface area (Å²) in [6.07, 6.45) is 0.844. The van der Waals surface area contributed by atoms with Crippen LogP contribution >= 0.6 is 0 Å². The van der Waals surface area contributed by atoms with Crippen LogP contribution in [-0.2, 0) is 16.0 Å². The third-order valence-electron chi connectivity index (χ3n) is 3.52. The van der Waals surface area contributed by atoms with Crippen molar-refractivity contribution in [3.63, 3.8) is 0 Å². The van der Waals surface area contributed by atoms with E-state index >= 15 is 0 Å². The van der Waals surface area contributed by atoms with Gasteiger partial charge < -0.3 is 14.2 Å². The van der Waals surface area contributed by atoms with Crippen LogP contribution < -0.4 is 9.47 Å². The topological polar surface area (TPSA) is 61.8 Å². The van der Waals surface area contributed by atoms with Crippen molar-refractivity contribution in [1.82, 2.24) is 0 Å². The van der Waals surface area contributed by atoms with Gasteiger partial charge in [0.1, 0.15) is 0 Å². The number of ketones is 1. The summed E-state index contributed by atoms with van der Waals surface area (Å²) in [6.45, 7) is -0.116. The average Bonchev–Trinajstić information content (AvgIpc) is 3.06. The van der Waals surface area contributed by atoms with Gasteiger partial charge in [0.25, 0.3) is 0 Å². The molecule has 0 saturated carbocycles. The number of Topliss-reactive ketones (excluding diaryl/α,β-unsaturated/α-hetero) is 1. The van der Waals surface area contributed by atoms with E-state index in [0.29, 0.717) is 23.5 Å². The molecular weight excluding hydrogens is 296 g/mol. The molecule has 0 radical (unpaired) electrons. The fraction of sp³-hybridized carbons (Fsp3) is 0.222. The second-order valence-corrected chi connectivity index (χ2v) is 5.14. The van der Waals surface area contributed by atoms with Crippen molar-refractivity contribution in [3.05, 3.63) is 59.7 Å². The number of fused-ring (bicyclic) bond motifs is 1. The Morgan fingerprint density at radius 3 is 2.61 bits per heavy atom. The Morgan fingerprint density at radius 1 is 1.00 bits per heavy atom. The molecule has 0 N–H and O–H groups in total. The number of ether oxygens (including phenoxy) is 3. The predicted octanol–water partition coefficient (Wildman–Crippen LogP) is 2.77. The zero-order valence-corrected chi connectivity index (χ0v) is 12.5. The summed E-state index contributed by atoms with van der Waals surface area (Å²) in [7, 11) is 0. The van der Waals surface area contributed by atoms with Gasteiger partial charge in [-0.1, -0.05) is 30.3 Å². The van der Waals surface area contributed by atoms with Crippen LogP contribution in [0.1, 0.15) is 22.3 Å². The normalized spacial score (nSPS) is 12.0. The molecule has 5 heteroatoms. The van der Waals surface area contributed by atoms with Crippen molar-refractivity contribution >= 4 is 11.8 Å². The van der Waals surface area contributed by atoms with Gasteiger partial charge in [0, 0.05) is 12.0 Å². The number of carbonyl (C=O) groups is 2. The lowest BCUT2D eigenvalue weighted by Gasteiger charge is -2.05. The summed E-state index contributed by atoms with van der Waals surface area (Å²) in [5.41, 5.74) is 1.50. The molecule has 0 aliphatic carbocycles. The summed E-state index contributed by atoms with van der Waals surface area (Å²) >= 11 is 0. The Morgan fingerprint density at radius 2 is 1.78 bits per heavy atom. The van der Waals surface area contributed by atoms with Crippen LogP contribution in [0.4, 0.5) is 0 Å². The summed E-state index contributed by atoms with van der Waals surface area (Å²) < 4.78 is 15.4. The number of hydrogen-bond acceptors (Lipinski definition) is 5. The van der Waals surface area contributed by atoms with E-state index in [1.54, 1.807) is 18.2 Å². The zero-order valence-electron chi connectivity index (χ0n) is 12.5. The SMILES string of the molecule is O=C(CCc1ccccc1)OCC(=O)c1ccc2c(c1)OCO2. The van der Waals surface area contributed by atoms with Gasteiger partial charge in [0.05, 0.1) is 0 Å². The standard InChI is InChI=1S/C18H16O5/c19-15(14-7-8-16-17(10-14)23-12-22-16)11-21-18(20)9-6-13-4-2-1-3-5-13/h1-5,7-8,10H,6,9,11-12H2. The smallest absolute Gasteiger partial charge is 0.306 e. The Labute approximate surface area is 133 Å². The summed E-state index contributed by atoms with van der Waals surface area (Å²) in [6, 6.07) is 14.6. The Balaban J connectivity index is 1.48. The highest BCUT2D eigenvalue weighted by Crippen LogP contribution is 2.32. The summed E-state index contributed by atoms with van der Waals surface area (Å²) in [5.74, 6) is 0.493. The van der Waals surface area contributed by atoms with Crippen LogP contribution in [-0.4, -0.2) is 25.2 Å². The number of rotatable bonds is 6. The first-order chi connectivity index (χ1) is 11.2. The van der Waals surface area contributed by atoms with E-state index in [2.05, 4.69) is 0 Å². The van der Waals surface area contributed by atoms with Gasteiger partial charge in [-0.2, -0.15) is 0 Å². The summed E-state index contributed by atoms with van der Waals surface area (Å²) in [4.78, 5) is 23.8. The second-order valence-electron chi connectivity index (χ2n) is 5.14. The van der Waals surface area contributed by atoms with Crippen molar-refractivity contribution in [1.29, 1.82) is 0 Å². The third-order valence-corrected chi connectivity index (χ3v) is 3.52. The molecule has 0 saturated heterocycles. The molecule has 0 aromatic heterocycles. The maximum Gasteiger partial charge on any atom is 0.306 e. The van der Waals surface area contributed by atoms with Crippen molar-refractivity contribution < 1.29 is 23.8 Å². The first-order valence-electron chi connectivity index (χ1n) is 7.35. The van der Waals surface area contributed by atoms with Crippen LogP contribution in [0.3, 0.4) is 0 Å². The minimum atomic E-state index is -0.386. The Bertz CT molecular complexity index is 709. The maximum absolute atomic E-state index is 12.0. The minimum Gasteiger partial charge on any atom is -0.457 e. The van der Waals surface area contributed by atoms with E-state index in [1.165, 1.54) is 0 Å². The molecule has 1 heterocycles. The first-order valence-corrected chi connectivity index (χ1v) is 7.35. The largest absolute Gasteiger partial charge is 0.457 e. The van der Waals surface area contributed by atoms with Gasteiger partial charge in [-0.05, 0) is 30.2 Å². The predicted molar refractivity (Wildman–Crippen MR) is 82.6 cm³/mol. The van der Waals surface area contributed by atoms with Gasteiger partial charge in [0.2, 0.25) is 6.79 Å². The first kappa shape index (κ1) is 15.1. The molecule has 23 heavy (non-hydrogen) atoms. The number of hydrogen-bond donors (Lipinski definition) is 0. The molecule has 2 aromatic rings. The molecule has 3 rings (SSSR count). The van der Waals surface area contributed by atoms with Gasteiger partial charge in [-0.15, -0.1) is 0 Å². The molecule has 0 spiro atoms. The monoisotopic (exact) mass is 312 g/mol. The van der Waals surface area contributed by atoms with E-state index in [1.807, 2.05) is 30.3 Å².